The van der Waals surface area contributed by atoms with Crippen molar-refractivity contribution in [2.24, 2.45) is 22.7 Å². The topological polar surface area (TPSA) is 116 Å². The van der Waals surface area contributed by atoms with E-state index in [0.717, 1.165) is 5.57 Å². The van der Waals surface area contributed by atoms with E-state index >= 15 is 4.39 Å². The molecule has 36 heavy (non-hydrogen) atoms. The van der Waals surface area contributed by atoms with E-state index in [9.17, 15) is 23.1 Å². The summed E-state index contributed by atoms with van der Waals surface area (Å²) in [5, 5.41) is 11.6. The van der Waals surface area contributed by atoms with E-state index in [2.05, 4.69) is 0 Å². The van der Waals surface area contributed by atoms with Gasteiger partial charge >= 0.3 is 0 Å². The second kappa shape index (κ2) is 7.91. The van der Waals surface area contributed by atoms with Crippen LogP contribution in [0.3, 0.4) is 0 Å². The lowest BCUT2D eigenvalue weighted by Gasteiger charge is -2.63. The first kappa shape index (κ1) is 26.4. The fourth-order valence-corrected chi connectivity index (χ4v) is 8.96. The Kier molecular flexibility index (Phi) is 5.80. The highest BCUT2D eigenvalue weighted by atomic mass is 32.2. The molecule has 1 aliphatic heterocycles. The number of aliphatic hydroxyl groups excluding tert-OH is 1. The number of hydrogen-bond donors (Lipinski definition) is 1. The van der Waals surface area contributed by atoms with E-state index in [-0.39, 0.29) is 30.3 Å². The molecule has 0 amide bonds. The van der Waals surface area contributed by atoms with Crippen molar-refractivity contribution in [1.29, 1.82) is 0 Å². The van der Waals surface area contributed by atoms with Crippen molar-refractivity contribution >= 4 is 21.7 Å². The van der Waals surface area contributed by atoms with Gasteiger partial charge in [-0.2, -0.15) is 8.42 Å². The minimum atomic E-state index is -3.88. The van der Waals surface area contributed by atoms with Crippen molar-refractivity contribution in [2.45, 2.75) is 102 Å². The van der Waals surface area contributed by atoms with Gasteiger partial charge in [0.05, 0.1) is 18.0 Å². The average Bonchev–Trinajstić information content (AvgIpc) is 3.20. The second-order valence-electron chi connectivity index (χ2n) is 12.2. The van der Waals surface area contributed by atoms with Crippen molar-refractivity contribution in [3.8, 4) is 0 Å². The maximum atomic E-state index is 17.4. The molecule has 8 nitrogen and oxygen atoms in total. The van der Waals surface area contributed by atoms with E-state index in [1.807, 2.05) is 13.8 Å². The van der Waals surface area contributed by atoms with Gasteiger partial charge in [-0.05, 0) is 64.9 Å². The van der Waals surface area contributed by atoms with Gasteiger partial charge in [0.2, 0.25) is 0 Å². The number of allylic oxidation sites excluding steroid dienone is 1. The molecule has 10 heteroatoms. The Morgan fingerprint density at radius 3 is 2.58 bits per heavy atom. The third-order valence-corrected chi connectivity index (χ3v) is 11.4. The number of aliphatic hydroxyl groups is 1. The zero-order valence-corrected chi connectivity index (χ0v) is 22.5. The standard InChI is InChI=1S/C26H37FO8S/c1-6-36(31,32)33-14-20(30)26-21(34-22(2,3)35-26)12-18-17-8-7-15-11-16(28)9-10-23(15,4)25(17,27)19(29)13-24(18,26)5/h11,17-19,21,29H,6-10,12-14H2,1-5H3/t17-,18-,19-,21+,23-,24-,25-,26+/m0/s1. The summed E-state index contributed by atoms with van der Waals surface area (Å²) in [6.45, 7) is 7.77. The number of rotatable bonds is 5. The number of ether oxygens (including phenoxy) is 2. The third-order valence-electron chi connectivity index (χ3n) is 10.2. The average molecular weight is 529 g/mol. The highest BCUT2D eigenvalue weighted by Gasteiger charge is 2.80. The molecule has 0 unspecified atom stereocenters. The van der Waals surface area contributed by atoms with Crippen molar-refractivity contribution in [2.75, 3.05) is 12.4 Å². The van der Waals surface area contributed by atoms with Gasteiger partial charge in [-0.1, -0.05) is 19.4 Å². The minimum Gasteiger partial charge on any atom is -0.390 e. The van der Waals surface area contributed by atoms with Crippen LogP contribution in [0, 0.1) is 22.7 Å². The smallest absolute Gasteiger partial charge is 0.267 e. The summed E-state index contributed by atoms with van der Waals surface area (Å²) in [5.41, 5.74) is -4.77. The molecule has 8 atom stereocenters. The highest BCUT2D eigenvalue weighted by Crippen LogP contribution is 2.72. The fourth-order valence-electron chi connectivity index (χ4n) is 8.50. The number of halogens is 1. The monoisotopic (exact) mass is 528 g/mol. The Labute approximate surface area is 212 Å². The van der Waals surface area contributed by atoms with Gasteiger partial charge in [-0.25, -0.2) is 4.39 Å². The molecule has 0 spiro atoms. The molecule has 0 aromatic carbocycles. The zero-order chi connectivity index (χ0) is 26.5. The summed E-state index contributed by atoms with van der Waals surface area (Å²) in [6.07, 6.45) is 1.29. The van der Waals surface area contributed by atoms with Crippen LogP contribution in [-0.4, -0.2) is 66.7 Å². The van der Waals surface area contributed by atoms with Gasteiger partial charge < -0.3 is 14.6 Å². The number of alkyl halides is 1. The predicted molar refractivity (Wildman–Crippen MR) is 127 cm³/mol. The van der Waals surface area contributed by atoms with Gasteiger partial charge in [-0.15, -0.1) is 0 Å². The van der Waals surface area contributed by atoms with Gasteiger partial charge in [0.1, 0.15) is 12.3 Å². The summed E-state index contributed by atoms with van der Waals surface area (Å²) in [4.78, 5) is 25.9. The molecular formula is C26H37FO8S. The normalized spacial score (nSPS) is 47.4. The molecule has 0 radical (unpaired) electrons. The Morgan fingerprint density at radius 1 is 1.22 bits per heavy atom. The molecule has 0 bridgehead atoms. The molecule has 5 rings (SSSR count). The Hall–Kier alpha value is -1.20. The van der Waals surface area contributed by atoms with Crippen LogP contribution in [0.1, 0.15) is 73.1 Å². The minimum absolute atomic E-state index is 0.00864. The summed E-state index contributed by atoms with van der Waals surface area (Å²) >= 11 is 0. The SMILES string of the molecule is CCS(=O)(=O)OCC(=O)[C@@]12OC(C)(C)O[C@@H]1C[C@H]1[C@@H]3CCC4=CC(=O)CC[C@]4(C)[C@@]3(F)[C@@H](O)C[C@@]12C. The fraction of sp³-hybridized carbons (Fsp3) is 0.846. The van der Waals surface area contributed by atoms with Crippen molar-refractivity contribution in [3.05, 3.63) is 11.6 Å². The number of fused-ring (bicyclic) bond motifs is 7. The van der Waals surface area contributed by atoms with Crippen LogP contribution in [0.4, 0.5) is 4.39 Å². The third kappa shape index (κ3) is 3.26. The molecule has 4 aliphatic carbocycles. The molecule has 0 aromatic rings. The quantitative estimate of drug-likeness (QED) is 0.542. The summed E-state index contributed by atoms with van der Waals surface area (Å²) in [7, 11) is -3.88. The molecule has 5 aliphatic rings. The number of carbonyl (C=O) groups is 2. The molecule has 202 valence electrons. The van der Waals surface area contributed by atoms with Crippen LogP contribution in [0.5, 0.6) is 0 Å². The Morgan fingerprint density at radius 2 is 1.92 bits per heavy atom. The van der Waals surface area contributed by atoms with Crippen LogP contribution in [0.15, 0.2) is 11.6 Å². The van der Waals surface area contributed by atoms with E-state index < -0.39 is 68.5 Å². The second-order valence-corrected chi connectivity index (χ2v) is 14.2. The van der Waals surface area contributed by atoms with Gasteiger partial charge in [0, 0.05) is 23.2 Å². The highest BCUT2D eigenvalue weighted by molar-refractivity contribution is 7.86. The molecule has 4 fully saturated rings. The predicted octanol–water partition coefficient (Wildman–Crippen LogP) is 3.02. The Bertz CT molecular complexity index is 1130. The lowest BCUT2D eigenvalue weighted by atomic mass is 9.44. The first-order valence-electron chi connectivity index (χ1n) is 13.0. The van der Waals surface area contributed by atoms with Gasteiger partial charge in [0.25, 0.3) is 10.1 Å². The summed E-state index contributed by atoms with van der Waals surface area (Å²) in [5.74, 6) is -2.90. The van der Waals surface area contributed by atoms with E-state index in [1.165, 1.54) is 6.92 Å². The van der Waals surface area contributed by atoms with Crippen LogP contribution in [0.2, 0.25) is 0 Å². The van der Waals surface area contributed by atoms with Crippen LogP contribution >= 0.6 is 0 Å². The largest absolute Gasteiger partial charge is 0.390 e. The van der Waals surface area contributed by atoms with Crippen LogP contribution in [-0.2, 0) is 33.4 Å². The summed E-state index contributed by atoms with van der Waals surface area (Å²) < 4.78 is 59.0. The number of Topliss-reactive ketones (excluding diaryl/α,β-unsaturated/α-hetero) is 1. The first-order valence-corrected chi connectivity index (χ1v) is 14.5. The van der Waals surface area contributed by atoms with Crippen molar-refractivity contribution < 1.29 is 41.2 Å². The van der Waals surface area contributed by atoms with E-state index in [4.69, 9.17) is 13.7 Å². The maximum Gasteiger partial charge on any atom is 0.267 e. The van der Waals surface area contributed by atoms with Gasteiger partial charge in [-0.3, -0.25) is 13.8 Å². The lowest BCUT2D eigenvalue weighted by molar-refractivity contribution is -0.251. The lowest BCUT2D eigenvalue weighted by Crippen LogP contribution is -2.70. The van der Waals surface area contributed by atoms with Crippen molar-refractivity contribution in [1.82, 2.24) is 0 Å². The number of ketones is 2. The molecule has 3 saturated carbocycles. The van der Waals surface area contributed by atoms with E-state index in [1.54, 1.807) is 19.9 Å². The zero-order valence-electron chi connectivity index (χ0n) is 21.6. The summed E-state index contributed by atoms with van der Waals surface area (Å²) in [6, 6.07) is 0. The number of carbonyl (C=O) groups excluding carboxylic acids is 2. The van der Waals surface area contributed by atoms with Crippen LogP contribution in [0.25, 0.3) is 0 Å². The molecule has 1 heterocycles. The van der Waals surface area contributed by atoms with Crippen LogP contribution < -0.4 is 0 Å². The first-order chi connectivity index (χ1) is 16.6. The molecule has 0 aromatic heterocycles. The number of hydrogen-bond acceptors (Lipinski definition) is 8. The van der Waals surface area contributed by atoms with E-state index in [0.29, 0.717) is 25.7 Å². The van der Waals surface area contributed by atoms with Gasteiger partial charge in [0.15, 0.2) is 23.0 Å². The molecule has 1 N–H and O–H groups in total. The van der Waals surface area contributed by atoms with Crippen molar-refractivity contribution in [3.63, 3.8) is 0 Å². The Balaban J connectivity index is 1.57. The maximum absolute atomic E-state index is 17.4. The molecule has 1 saturated heterocycles. The molecular weight excluding hydrogens is 491 g/mol.